The highest BCUT2D eigenvalue weighted by Gasteiger charge is 2.31. The summed E-state index contributed by atoms with van der Waals surface area (Å²) < 4.78 is 20.0. The Kier molecular flexibility index (Phi) is 6.09. The molecule has 3 heterocycles. The number of nitrogens with zero attached hydrogens (tertiary/aromatic N) is 3. The van der Waals surface area contributed by atoms with Gasteiger partial charge in [0.2, 0.25) is 0 Å². The van der Waals surface area contributed by atoms with E-state index in [1.807, 2.05) is 47.8 Å². The van der Waals surface area contributed by atoms with E-state index in [9.17, 15) is 13.8 Å². The standard InChI is InChI=1S/C24H33N3O4S/c1-16-8-11-25(12-9-16)22(28)17-6-7-20-18(14-17)19-15-26(23(29)31-24(2,3)4)13-10-21(19)27(20)32(5)30/h6-7,14,16H,8-13,15H2,1-5H3. The predicted molar refractivity (Wildman–Crippen MR) is 126 cm³/mol. The normalized spacial score (nSPS) is 18.5. The number of amides is 2. The highest BCUT2D eigenvalue weighted by Crippen LogP contribution is 2.33. The third kappa shape index (κ3) is 4.42. The van der Waals surface area contributed by atoms with Crippen molar-refractivity contribution in [3.8, 4) is 0 Å². The number of rotatable bonds is 2. The smallest absolute Gasteiger partial charge is 0.410 e. The molecule has 0 spiro atoms. The minimum Gasteiger partial charge on any atom is -0.444 e. The minimum atomic E-state index is -1.24. The van der Waals surface area contributed by atoms with Crippen molar-refractivity contribution < 1.29 is 18.5 Å². The zero-order valence-electron chi connectivity index (χ0n) is 19.6. The topological polar surface area (TPSA) is 71.9 Å². The molecule has 32 heavy (non-hydrogen) atoms. The van der Waals surface area contributed by atoms with E-state index in [0.717, 1.165) is 48.1 Å². The van der Waals surface area contributed by atoms with E-state index < -0.39 is 16.6 Å². The van der Waals surface area contributed by atoms with E-state index in [1.54, 1.807) is 11.2 Å². The number of aromatic nitrogens is 1. The Labute approximate surface area is 192 Å². The van der Waals surface area contributed by atoms with Crippen molar-refractivity contribution in [1.82, 2.24) is 13.8 Å². The Hall–Kier alpha value is -2.35. The summed E-state index contributed by atoms with van der Waals surface area (Å²) in [4.78, 5) is 29.5. The van der Waals surface area contributed by atoms with Gasteiger partial charge in [0, 0.05) is 54.5 Å². The van der Waals surface area contributed by atoms with Crippen LogP contribution in [0.5, 0.6) is 0 Å². The number of hydrogen-bond donors (Lipinski definition) is 0. The van der Waals surface area contributed by atoms with Crippen molar-refractivity contribution in [3.63, 3.8) is 0 Å². The monoisotopic (exact) mass is 459 g/mol. The molecular formula is C24H33N3O4S. The van der Waals surface area contributed by atoms with Gasteiger partial charge in [-0.15, -0.1) is 0 Å². The van der Waals surface area contributed by atoms with Gasteiger partial charge in [-0.25, -0.2) is 9.00 Å². The molecule has 0 bridgehead atoms. The molecule has 174 valence electrons. The molecule has 2 aliphatic rings. The quantitative estimate of drug-likeness (QED) is 0.682. The molecule has 2 aromatic rings. The van der Waals surface area contributed by atoms with Gasteiger partial charge in [0.25, 0.3) is 5.91 Å². The third-order valence-corrected chi connectivity index (χ3v) is 7.26. The Bertz CT molecular complexity index is 1080. The van der Waals surface area contributed by atoms with Crippen LogP contribution in [0.15, 0.2) is 18.2 Å². The maximum Gasteiger partial charge on any atom is 0.410 e. The molecule has 7 nitrogen and oxygen atoms in total. The zero-order chi connectivity index (χ0) is 23.2. The first kappa shape index (κ1) is 22.8. The van der Waals surface area contributed by atoms with Crippen molar-refractivity contribution in [2.45, 2.75) is 59.1 Å². The number of benzene rings is 1. The molecule has 1 aromatic carbocycles. The van der Waals surface area contributed by atoms with Gasteiger partial charge in [0.15, 0.2) is 0 Å². The van der Waals surface area contributed by atoms with Crippen LogP contribution in [0.1, 0.15) is 62.2 Å². The van der Waals surface area contributed by atoms with Gasteiger partial charge >= 0.3 is 6.09 Å². The molecule has 0 aliphatic carbocycles. The highest BCUT2D eigenvalue weighted by molar-refractivity contribution is 7.82. The average molecular weight is 460 g/mol. The van der Waals surface area contributed by atoms with Crippen LogP contribution in [-0.2, 0) is 28.7 Å². The molecule has 1 atom stereocenters. The number of carbonyl (C=O) groups is 2. The first-order valence-corrected chi connectivity index (χ1v) is 12.8. The number of piperidine rings is 1. The van der Waals surface area contributed by atoms with Crippen LogP contribution in [0.3, 0.4) is 0 Å². The Morgan fingerprint density at radius 3 is 2.41 bits per heavy atom. The van der Waals surface area contributed by atoms with Gasteiger partial charge in [0.1, 0.15) is 16.6 Å². The summed E-state index contributed by atoms with van der Waals surface area (Å²) in [6, 6.07) is 5.65. The Balaban J connectivity index is 1.70. The van der Waals surface area contributed by atoms with E-state index in [4.69, 9.17) is 4.74 Å². The van der Waals surface area contributed by atoms with Gasteiger partial charge in [-0.1, -0.05) is 6.92 Å². The number of likely N-dealkylation sites (tertiary alicyclic amines) is 1. The van der Waals surface area contributed by atoms with E-state index in [0.29, 0.717) is 31.0 Å². The van der Waals surface area contributed by atoms with Crippen molar-refractivity contribution >= 4 is 33.9 Å². The third-order valence-electron chi connectivity index (χ3n) is 6.33. The highest BCUT2D eigenvalue weighted by atomic mass is 32.2. The first-order valence-electron chi connectivity index (χ1n) is 11.3. The van der Waals surface area contributed by atoms with E-state index >= 15 is 0 Å². The zero-order valence-corrected chi connectivity index (χ0v) is 20.5. The molecule has 0 radical (unpaired) electrons. The van der Waals surface area contributed by atoms with Gasteiger partial charge in [-0.2, -0.15) is 0 Å². The Morgan fingerprint density at radius 2 is 1.78 bits per heavy atom. The lowest BCUT2D eigenvalue weighted by molar-refractivity contribution is 0.0224. The van der Waals surface area contributed by atoms with Crippen molar-refractivity contribution in [2.75, 3.05) is 25.9 Å². The van der Waals surface area contributed by atoms with Crippen LogP contribution < -0.4 is 0 Å². The summed E-state index contributed by atoms with van der Waals surface area (Å²) in [7, 11) is -1.24. The summed E-state index contributed by atoms with van der Waals surface area (Å²) in [6.45, 7) is 10.2. The summed E-state index contributed by atoms with van der Waals surface area (Å²) in [5.74, 6) is 0.693. The van der Waals surface area contributed by atoms with Gasteiger partial charge in [-0.3, -0.25) is 8.77 Å². The summed E-state index contributed by atoms with van der Waals surface area (Å²) in [6.07, 6.45) is 3.96. The number of fused-ring (bicyclic) bond motifs is 3. The van der Waals surface area contributed by atoms with Crippen LogP contribution in [0.2, 0.25) is 0 Å². The molecule has 0 saturated carbocycles. The van der Waals surface area contributed by atoms with Crippen molar-refractivity contribution in [2.24, 2.45) is 5.92 Å². The molecule has 0 N–H and O–H groups in total. The molecule has 1 fully saturated rings. The van der Waals surface area contributed by atoms with E-state index in [2.05, 4.69) is 6.92 Å². The molecule has 2 aliphatic heterocycles. The van der Waals surface area contributed by atoms with E-state index in [-0.39, 0.29) is 12.0 Å². The Morgan fingerprint density at radius 1 is 1.09 bits per heavy atom. The van der Waals surface area contributed by atoms with Crippen LogP contribution >= 0.6 is 0 Å². The first-order chi connectivity index (χ1) is 15.0. The molecule has 8 heteroatoms. The van der Waals surface area contributed by atoms with E-state index in [1.165, 1.54) is 0 Å². The molecule has 2 amide bonds. The summed E-state index contributed by atoms with van der Waals surface area (Å²) >= 11 is 0. The maximum atomic E-state index is 13.2. The molecule has 1 aromatic heterocycles. The summed E-state index contributed by atoms with van der Waals surface area (Å²) in [5, 5.41) is 0.889. The second-order valence-electron chi connectivity index (χ2n) is 10.0. The second-order valence-corrected chi connectivity index (χ2v) is 11.2. The fraction of sp³-hybridized carbons (Fsp3) is 0.583. The lowest BCUT2D eigenvalue weighted by Crippen LogP contribution is -2.40. The second kappa shape index (κ2) is 8.54. The lowest BCUT2D eigenvalue weighted by Gasteiger charge is -2.31. The van der Waals surface area contributed by atoms with Crippen LogP contribution in [0.4, 0.5) is 4.79 Å². The number of hydrogen-bond acceptors (Lipinski definition) is 4. The van der Waals surface area contributed by atoms with Gasteiger partial charge < -0.3 is 14.5 Å². The fourth-order valence-electron chi connectivity index (χ4n) is 4.62. The largest absolute Gasteiger partial charge is 0.444 e. The fourth-order valence-corrected chi connectivity index (χ4v) is 5.57. The molecule has 4 rings (SSSR count). The van der Waals surface area contributed by atoms with Crippen LogP contribution in [-0.4, -0.2) is 61.5 Å². The lowest BCUT2D eigenvalue weighted by atomic mass is 9.98. The molecule has 1 saturated heterocycles. The average Bonchev–Trinajstić information content (AvgIpc) is 3.05. The maximum absolute atomic E-state index is 13.2. The van der Waals surface area contributed by atoms with Crippen molar-refractivity contribution in [1.29, 1.82) is 0 Å². The van der Waals surface area contributed by atoms with Crippen LogP contribution in [0.25, 0.3) is 10.9 Å². The number of carbonyl (C=O) groups excluding carboxylic acids is 2. The van der Waals surface area contributed by atoms with Gasteiger partial charge in [0.05, 0.1) is 12.1 Å². The predicted octanol–water partition coefficient (Wildman–Crippen LogP) is 3.95. The van der Waals surface area contributed by atoms with Crippen molar-refractivity contribution in [3.05, 3.63) is 35.0 Å². The minimum absolute atomic E-state index is 0.0396. The molecule has 1 unspecified atom stereocenters. The van der Waals surface area contributed by atoms with Crippen LogP contribution in [0, 0.1) is 5.92 Å². The summed E-state index contributed by atoms with van der Waals surface area (Å²) in [5.41, 5.74) is 2.84. The molecular weight excluding hydrogens is 426 g/mol. The SMILES string of the molecule is CC1CCN(C(=O)c2ccc3c(c2)c2c(n3S(C)=O)CCN(C(=O)OC(C)(C)C)C2)CC1. The van der Waals surface area contributed by atoms with Gasteiger partial charge in [-0.05, 0) is 57.7 Å². The number of ether oxygens (including phenoxy) is 1.